The molecule has 7 heteroatoms. The van der Waals surface area contributed by atoms with E-state index in [1.54, 1.807) is 18.9 Å². The first-order chi connectivity index (χ1) is 18.7. The van der Waals surface area contributed by atoms with Gasteiger partial charge in [-0.05, 0) is 41.7 Å². The fourth-order valence-electron chi connectivity index (χ4n) is 4.64. The molecule has 5 nitrogen and oxygen atoms in total. The Labute approximate surface area is 250 Å². The van der Waals surface area contributed by atoms with Crippen LogP contribution in [0.25, 0.3) is 0 Å². The number of nitrogens with zero attached hydrogens (tertiary/aromatic N) is 1. The number of thioether (sulfide) groups is 1. The van der Waals surface area contributed by atoms with Crippen LogP contribution in [0.5, 0.6) is 11.5 Å². The molecule has 2 aromatic rings. The molecule has 0 bridgehead atoms. The Kier molecular flexibility index (Phi) is 16.9. The summed E-state index contributed by atoms with van der Waals surface area (Å²) in [7, 11) is 1.63. The van der Waals surface area contributed by atoms with Crippen molar-refractivity contribution in [3.63, 3.8) is 0 Å². The highest BCUT2D eigenvalue weighted by Gasteiger charge is 2.15. The van der Waals surface area contributed by atoms with Crippen LogP contribution in [0.2, 0.25) is 0 Å². The van der Waals surface area contributed by atoms with Crippen molar-refractivity contribution < 1.29 is 14.3 Å². The lowest BCUT2D eigenvalue weighted by molar-refractivity contribution is 0.102. The molecule has 0 aromatic heterocycles. The van der Waals surface area contributed by atoms with Gasteiger partial charge in [0.15, 0.2) is 11.5 Å². The zero-order valence-electron chi connectivity index (χ0n) is 23.8. The maximum absolute atomic E-state index is 13.0. The van der Waals surface area contributed by atoms with Crippen molar-refractivity contribution in [1.29, 1.82) is 0 Å². The second-order valence-electron chi connectivity index (χ2n) is 10.1. The van der Waals surface area contributed by atoms with Crippen molar-refractivity contribution in [3.8, 4) is 11.5 Å². The van der Waals surface area contributed by atoms with E-state index in [1.165, 1.54) is 69.8 Å². The van der Waals surface area contributed by atoms with Gasteiger partial charge in [0.1, 0.15) is 0 Å². The van der Waals surface area contributed by atoms with E-state index in [4.69, 9.17) is 9.47 Å². The highest BCUT2D eigenvalue weighted by molar-refractivity contribution is 8.93. The summed E-state index contributed by atoms with van der Waals surface area (Å²) in [6.07, 6.45) is 17.8. The van der Waals surface area contributed by atoms with Gasteiger partial charge in [0.25, 0.3) is 5.91 Å². The molecular formula is C32H47BrN2O3S. The van der Waals surface area contributed by atoms with Gasteiger partial charge >= 0.3 is 0 Å². The summed E-state index contributed by atoms with van der Waals surface area (Å²) in [6.45, 7) is 3.73. The van der Waals surface area contributed by atoms with E-state index in [1.807, 2.05) is 42.5 Å². The van der Waals surface area contributed by atoms with E-state index in [2.05, 4.69) is 28.7 Å². The lowest BCUT2D eigenvalue weighted by Crippen LogP contribution is -2.15. The topological polar surface area (TPSA) is 50.8 Å². The number of amides is 1. The summed E-state index contributed by atoms with van der Waals surface area (Å²) < 4.78 is 11.7. The number of para-hydroxylation sites is 1. The van der Waals surface area contributed by atoms with Crippen LogP contribution in [0.1, 0.15) is 99.9 Å². The van der Waals surface area contributed by atoms with Crippen LogP contribution in [0.3, 0.4) is 0 Å². The number of carbonyl (C=O) groups is 1. The first-order valence-corrected chi connectivity index (χ1v) is 15.5. The Balaban J connectivity index is 0.00000533. The van der Waals surface area contributed by atoms with E-state index in [0.717, 1.165) is 25.3 Å². The molecular weight excluding hydrogens is 572 g/mol. The van der Waals surface area contributed by atoms with E-state index in [9.17, 15) is 4.79 Å². The molecule has 1 aliphatic heterocycles. The molecule has 2 aromatic carbocycles. The number of anilines is 1. The Hall–Kier alpha value is -2.12. The summed E-state index contributed by atoms with van der Waals surface area (Å²) in [5.74, 6) is 2.05. The van der Waals surface area contributed by atoms with Crippen LogP contribution in [0.15, 0.2) is 54.1 Å². The lowest BCUT2D eigenvalue weighted by atomic mass is 10.1. The average Bonchev–Trinajstić information content (AvgIpc) is 3.45. The maximum atomic E-state index is 13.0. The van der Waals surface area contributed by atoms with Gasteiger partial charge in [0, 0.05) is 18.3 Å². The first-order valence-electron chi connectivity index (χ1n) is 14.4. The van der Waals surface area contributed by atoms with Gasteiger partial charge in [-0.2, -0.15) is 0 Å². The third kappa shape index (κ3) is 12.3. The van der Waals surface area contributed by atoms with E-state index in [-0.39, 0.29) is 22.9 Å². The zero-order chi connectivity index (χ0) is 26.8. The van der Waals surface area contributed by atoms with E-state index in [0.29, 0.717) is 29.4 Å². The molecule has 216 valence electrons. The van der Waals surface area contributed by atoms with Gasteiger partial charge in [-0.25, -0.2) is 0 Å². The van der Waals surface area contributed by atoms with Gasteiger partial charge in [0.2, 0.25) is 0 Å². The largest absolute Gasteiger partial charge is 0.493 e. The second-order valence-corrected chi connectivity index (χ2v) is 10.9. The molecule has 1 aliphatic rings. The zero-order valence-corrected chi connectivity index (χ0v) is 26.3. The molecule has 0 radical (unpaired) electrons. The minimum Gasteiger partial charge on any atom is -0.493 e. The van der Waals surface area contributed by atoms with Gasteiger partial charge < -0.3 is 19.7 Å². The monoisotopic (exact) mass is 618 g/mol. The standard InChI is InChI=1S/C32H46N2O3S.BrH/c1-3-4-5-6-7-8-9-10-11-12-13-14-23-37-31-29(16-15-17-30(31)36-2)33-32(35)28-20-18-27(19-21-28)25-34-22-24-38-26-34;/h15-22,24H,3-14,23,25-26H2,1-2H3,(H,33,35);1H. The van der Waals surface area contributed by atoms with Gasteiger partial charge in [-0.3, -0.25) is 4.79 Å². The summed E-state index contributed by atoms with van der Waals surface area (Å²) in [4.78, 5) is 15.2. The fraction of sp³-hybridized carbons (Fsp3) is 0.531. The molecule has 0 fully saturated rings. The molecule has 0 spiro atoms. The summed E-state index contributed by atoms with van der Waals surface area (Å²) >= 11 is 1.79. The summed E-state index contributed by atoms with van der Waals surface area (Å²) in [5, 5.41) is 5.13. The van der Waals surface area contributed by atoms with Crippen LogP contribution in [0.4, 0.5) is 5.69 Å². The number of hydrogen-bond donors (Lipinski definition) is 1. The molecule has 1 heterocycles. The number of rotatable bonds is 19. The smallest absolute Gasteiger partial charge is 0.255 e. The highest BCUT2D eigenvalue weighted by Crippen LogP contribution is 2.35. The SMILES string of the molecule is Br.CCCCCCCCCCCCCCOc1c(NC(=O)c2ccc(CN3C=CSC3)cc2)cccc1OC. The minimum absolute atomic E-state index is 0. The number of halogens is 1. The number of benzene rings is 2. The highest BCUT2D eigenvalue weighted by atomic mass is 79.9. The Bertz CT molecular complexity index is 984. The van der Waals surface area contributed by atoms with Crippen molar-refractivity contribution in [2.45, 2.75) is 90.5 Å². The molecule has 0 saturated carbocycles. The van der Waals surface area contributed by atoms with E-state index >= 15 is 0 Å². The molecule has 0 saturated heterocycles. The van der Waals surface area contributed by atoms with Crippen LogP contribution >= 0.6 is 28.7 Å². The Morgan fingerprint density at radius 3 is 2.13 bits per heavy atom. The molecule has 1 amide bonds. The van der Waals surface area contributed by atoms with Gasteiger partial charge in [-0.1, -0.05) is 95.8 Å². The Morgan fingerprint density at radius 2 is 1.54 bits per heavy atom. The predicted molar refractivity (Wildman–Crippen MR) is 171 cm³/mol. The van der Waals surface area contributed by atoms with Crippen molar-refractivity contribution >= 4 is 40.3 Å². The molecule has 3 rings (SSSR count). The fourth-order valence-corrected chi connectivity index (χ4v) is 5.35. The Morgan fingerprint density at radius 1 is 0.897 bits per heavy atom. The molecule has 0 atom stereocenters. The summed E-state index contributed by atoms with van der Waals surface area (Å²) in [5.41, 5.74) is 2.44. The van der Waals surface area contributed by atoms with Crippen molar-refractivity contribution in [3.05, 3.63) is 65.2 Å². The second kappa shape index (κ2) is 19.9. The van der Waals surface area contributed by atoms with Crippen LogP contribution in [0, 0.1) is 0 Å². The maximum Gasteiger partial charge on any atom is 0.255 e. The van der Waals surface area contributed by atoms with Crippen molar-refractivity contribution in [2.24, 2.45) is 0 Å². The van der Waals surface area contributed by atoms with Crippen molar-refractivity contribution in [2.75, 3.05) is 24.9 Å². The number of carbonyl (C=O) groups excluding carboxylic acids is 1. The summed E-state index contributed by atoms with van der Waals surface area (Å²) in [6, 6.07) is 13.4. The predicted octanol–water partition coefficient (Wildman–Crippen LogP) is 9.58. The normalized spacial score (nSPS) is 12.3. The average molecular weight is 620 g/mol. The molecule has 0 aliphatic carbocycles. The molecule has 39 heavy (non-hydrogen) atoms. The third-order valence-electron chi connectivity index (χ3n) is 6.90. The molecule has 0 unspecified atom stereocenters. The lowest BCUT2D eigenvalue weighted by Gasteiger charge is -2.16. The number of methoxy groups -OCH3 is 1. The first kappa shape index (κ1) is 33.1. The number of nitrogens with one attached hydrogen (secondary N) is 1. The van der Waals surface area contributed by atoms with Crippen LogP contribution in [-0.4, -0.2) is 30.4 Å². The van der Waals surface area contributed by atoms with Gasteiger partial charge in [0.05, 0.1) is 25.3 Å². The van der Waals surface area contributed by atoms with Crippen LogP contribution < -0.4 is 14.8 Å². The van der Waals surface area contributed by atoms with Crippen LogP contribution in [-0.2, 0) is 6.54 Å². The third-order valence-corrected chi connectivity index (χ3v) is 7.70. The quantitative estimate of drug-likeness (QED) is 0.159. The molecule has 1 N–H and O–H groups in total. The van der Waals surface area contributed by atoms with Crippen molar-refractivity contribution in [1.82, 2.24) is 4.90 Å². The number of ether oxygens (including phenoxy) is 2. The minimum atomic E-state index is -0.156. The van der Waals surface area contributed by atoms with Gasteiger partial charge in [-0.15, -0.1) is 28.7 Å². The van der Waals surface area contributed by atoms with E-state index < -0.39 is 0 Å². The number of hydrogen-bond acceptors (Lipinski definition) is 5. The number of unbranched alkanes of at least 4 members (excludes halogenated alkanes) is 11.